The lowest BCUT2D eigenvalue weighted by molar-refractivity contribution is -0.127. The summed E-state index contributed by atoms with van der Waals surface area (Å²) in [5.41, 5.74) is 0.885. The van der Waals surface area contributed by atoms with Crippen LogP contribution in [0.25, 0.3) is 0 Å². The second-order valence-corrected chi connectivity index (χ2v) is 4.87. The number of carbonyl (C=O) groups is 2. The Morgan fingerprint density at radius 1 is 1.12 bits per heavy atom. The fraction of sp³-hybridized carbons (Fsp3) is 0.167. The minimum Gasteiger partial charge on any atom is -0.474 e. The molecule has 0 aliphatic rings. The van der Waals surface area contributed by atoms with E-state index in [9.17, 15) is 9.59 Å². The molecule has 0 heterocycles. The van der Waals surface area contributed by atoms with Crippen molar-refractivity contribution >= 4 is 11.9 Å². The van der Waals surface area contributed by atoms with Gasteiger partial charge in [-0.1, -0.05) is 42.5 Å². The Bertz CT molecular complexity index is 754. The van der Waals surface area contributed by atoms with Crippen LogP contribution in [0.3, 0.4) is 0 Å². The van der Waals surface area contributed by atoms with E-state index >= 15 is 0 Å². The van der Waals surface area contributed by atoms with Gasteiger partial charge in [0.15, 0.2) is 0 Å². The molecule has 0 spiro atoms. The normalized spacial score (nSPS) is 11.0. The van der Waals surface area contributed by atoms with Crippen LogP contribution in [0.15, 0.2) is 54.6 Å². The summed E-state index contributed by atoms with van der Waals surface area (Å²) in [6.07, 6.45) is -1.05. The minimum atomic E-state index is -1.05. The molecule has 0 saturated carbocycles. The molecule has 122 valence electrons. The molecule has 6 nitrogen and oxygen atoms in total. The third kappa shape index (κ3) is 4.34. The number of nitrogens with zero attached hydrogens (tertiary/aromatic N) is 1. The third-order valence-corrected chi connectivity index (χ3v) is 3.17. The van der Waals surface area contributed by atoms with E-state index in [2.05, 4.69) is 10.6 Å². The Morgan fingerprint density at radius 3 is 2.46 bits per heavy atom. The number of ether oxygens (including phenoxy) is 1. The van der Waals surface area contributed by atoms with Gasteiger partial charge in [0.1, 0.15) is 11.8 Å². The number of amides is 3. The van der Waals surface area contributed by atoms with Gasteiger partial charge in [0, 0.05) is 12.1 Å². The molecule has 0 bridgehead atoms. The molecule has 2 rings (SSSR count). The standard InChI is InChI=1S/C18H17N3O3/c1-2-20-18(23)21-17(22)16(13-8-4-3-5-9-13)24-15-11-7-6-10-14(15)12-19/h3-11,16H,2H2,1H3,(H2,20,21,22,23)/t16-/m0/s1. The number of carbonyl (C=O) groups excluding carboxylic acids is 2. The van der Waals surface area contributed by atoms with Crippen molar-refractivity contribution in [1.29, 1.82) is 5.26 Å². The molecule has 0 aliphatic carbocycles. The second-order valence-electron chi connectivity index (χ2n) is 4.87. The summed E-state index contributed by atoms with van der Waals surface area (Å²) in [6.45, 7) is 2.14. The fourth-order valence-corrected chi connectivity index (χ4v) is 2.07. The third-order valence-electron chi connectivity index (χ3n) is 3.17. The van der Waals surface area contributed by atoms with Crippen LogP contribution in [0.2, 0.25) is 0 Å². The fourth-order valence-electron chi connectivity index (χ4n) is 2.07. The minimum absolute atomic E-state index is 0.278. The molecule has 6 heteroatoms. The van der Waals surface area contributed by atoms with Crippen LogP contribution in [0.4, 0.5) is 4.79 Å². The number of nitriles is 1. The highest BCUT2D eigenvalue weighted by Gasteiger charge is 2.25. The molecular weight excluding hydrogens is 306 g/mol. The quantitative estimate of drug-likeness (QED) is 0.884. The predicted molar refractivity (Wildman–Crippen MR) is 88.2 cm³/mol. The highest BCUT2D eigenvalue weighted by atomic mass is 16.5. The van der Waals surface area contributed by atoms with Crippen LogP contribution in [-0.2, 0) is 4.79 Å². The zero-order valence-electron chi connectivity index (χ0n) is 13.2. The Hall–Kier alpha value is -3.33. The van der Waals surface area contributed by atoms with Crippen molar-refractivity contribution in [3.63, 3.8) is 0 Å². The van der Waals surface area contributed by atoms with Crippen LogP contribution in [0.5, 0.6) is 5.75 Å². The van der Waals surface area contributed by atoms with Gasteiger partial charge in [-0.25, -0.2) is 4.79 Å². The van der Waals surface area contributed by atoms with E-state index in [4.69, 9.17) is 10.00 Å². The molecule has 2 N–H and O–H groups in total. The van der Waals surface area contributed by atoms with E-state index in [-0.39, 0.29) is 5.75 Å². The summed E-state index contributed by atoms with van der Waals surface area (Å²) in [5.74, 6) is -0.334. The number of nitrogens with one attached hydrogen (secondary N) is 2. The average molecular weight is 323 g/mol. The summed E-state index contributed by atoms with van der Waals surface area (Å²) < 4.78 is 5.75. The molecule has 0 radical (unpaired) electrons. The van der Waals surface area contributed by atoms with Crippen molar-refractivity contribution in [2.24, 2.45) is 0 Å². The molecule has 3 amide bonds. The zero-order valence-corrected chi connectivity index (χ0v) is 13.2. The van der Waals surface area contributed by atoms with Crippen molar-refractivity contribution in [3.8, 4) is 11.8 Å². The predicted octanol–water partition coefficient (Wildman–Crippen LogP) is 2.52. The Morgan fingerprint density at radius 2 is 1.79 bits per heavy atom. The Balaban J connectivity index is 2.29. The lowest BCUT2D eigenvalue weighted by Gasteiger charge is -2.19. The summed E-state index contributed by atoms with van der Waals surface area (Å²) >= 11 is 0. The topological polar surface area (TPSA) is 91.2 Å². The lowest BCUT2D eigenvalue weighted by Crippen LogP contribution is -2.42. The number of para-hydroxylation sites is 1. The monoisotopic (exact) mass is 323 g/mol. The van der Waals surface area contributed by atoms with Gasteiger partial charge in [-0.05, 0) is 19.1 Å². The van der Waals surface area contributed by atoms with E-state index in [1.165, 1.54) is 0 Å². The number of imide groups is 1. The summed E-state index contributed by atoms with van der Waals surface area (Å²) in [4.78, 5) is 24.1. The first-order chi connectivity index (χ1) is 11.7. The molecule has 0 aliphatic heterocycles. The van der Waals surface area contributed by atoms with Crippen molar-refractivity contribution < 1.29 is 14.3 Å². The smallest absolute Gasteiger partial charge is 0.321 e. The van der Waals surface area contributed by atoms with E-state index in [1.807, 2.05) is 12.1 Å². The first-order valence-electron chi connectivity index (χ1n) is 7.45. The van der Waals surface area contributed by atoms with Crippen LogP contribution < -0.4 is 15.4 Å². The van der Waals surface area contributed by atoms with Gasteiger partial charge >= 0.3 is 6.03 Å². The van der Waals surface area contributed by atoms with E-state index in [1.54, 1.807) is 55.5 Å². The maximum atomic E-state index is 12.5. The number of rotatable bonds is 5. The molecular formula is C18H17N3O3. The van der Waals surface area contributed by atoms with Gasteiger partial charge in [0.2, 0.25) is 6.10 Å². The van der Waals surface area contributed by atoms with Crippen molar-refractivity contribution in [3.05, 3.63) is 65.7 Å². The highest BCUT2D eigenvalue weighted by molar-refractivity contribution is 5.97. The Labute approximate surface area is 140 Å². The van der Waals surface area contributed by atoms with Gasteiger partial charge in [-0.15, -0.1) is 0 Å². The van der Waals surface area contributed by atoms with E-state index in [0.717, 1.165) is 0 Å². The molecule has 1 atom stereocenters. The van der Waals surface area contributed by atoms with Gasteiger partial charge in [0.25, 0.3) is 5.91 Å². The lowest BCUT2D eigenvalue weighted by atomic mass is 10.1. The average Bonchev–Trinajstić information content (AvgIpc) is 2.60. The van der Waals surface area contributed by atoms with Crippen molar-refractivity contribution in [1.82, 2.24) is 10.6 Å². The molecule has 0 unspecified atom stereocenters. The van der Waals surface area contributed by atoms with Gasteiger partial charge in [-0.3, -0.25) is 10.1 Å². The summed E-state index contributed by atoms with van der Waals surface area (Å²) in [6, 6.07) is 16.8. The molecule has 2 aromatic rings. The van der Waals surface area contributed by atoms with Gasteiger partial charge < -0.3 is 10.1 Å². The maximum Gasteiger partial charge on any atom is 0.321 e. The largest absolute Gasteiger partial charge is 0.474 e. The molecule has 24 heavy (non-hydrogen) atoms. The highest BCUT2D eigenvalue weighted by Crippen LogP contribution is 2.25. The number of hydrogen-bond acceptors (Lipinski definition) is 4. The molecule has 0 saturated heterocycles. The first kappa shape index (κ1) is 17.0. The van der Waals surface area contributed by atoms with Gasteiger partial charge in [0.05, 0.1) is 5.56 Å². The molecule has 0 aromatic heterocycles. The first-order valence-corrected chi connectivity index (χ1v) is 7.45. The summed E-state index contributed by atoms with van der Waals surface area (Å²) in [7, 11) is 0. The van der Waals surface area contributed by atoms with Crippen molar-refractivity contribution in [2.75, 3.05) is 6.54 Å². The number of urea groups is 1. The second kappa shape index (κ2) is 8.34. The van der Waals surface area contributed by atoms with E-state index in [0.29, 0.717) is 17.7 Å². The van der Waals surface area contributed by atoms with E-state index < -0.39 is 18.0 Å². The maximum absolute atomic E-state index is 12.5. The van der Waals surface area contributed by atoms with Crippen LogP contribution in [-0.4, -0.2) is 18.5 Å². The SMILES string of the molecule is CCNC(=O)NC(=O)[C@@H](Oc1ccccc1C#N)c1ccccc1. The van der Waals surface area contributed by atoms with Crippen LogP contribution >= 0.6 is 0 Å². The van der Waals surface area contributed by atoms with Gasteiger partial charge in [-0.2, -0.15) is 5.26 Å². The Kier molecular flexibility index (Phi) is 5.92. The molecule has 0 fully saturated rings. The molecule has 2 aromatic carbocycles. The van der Waals surface area contributed by atoms with Crippen LogP contribution in [0, 0.1) is 11.3 Å². The number of benzene rings is 2. The zero-order chi connectivity index (χ0) is 17.4. The van der Waals surface area contributed by atoms with Crippen molar-refractivity contribution in [2.45, 2.75) is 13.0 Å². The summed E-state index contributed by atoms with van der Waals surface area (Å²) in [5, 5.41) is 13.9. The number of hydrogen-bond donors (Lipinski definition) is 2. The van der Waals surface area contributed by atoms with Crippen LogP contribution in [0.1, 0.15) is 24.2 Å².